The molecule has 1 saturated carbocycles. The number of hydrogen-bond acceptors (Lipinski definition) is 3. The van der Waals surface area contributed by atoms with Crippen LogP contribution < -0.4 is 5.32 Å². The molecule has 1 aromatic carbocycles. The van der Waals surface area contributed by atoms with Crippen LogP contribution in [0.5, 0.6) is 0 Å². The number of aromatic carboxylic acids is 1. The molecule has 2 aromatic rings. The highest BCUT2D eigenvalue weighted by atomic mass is 32.1. The summed E-state index contributed by atoms with van der Waals surface area (Å²) < 4.78 is 13.8. The Balaban J connectivity index is 1.61. The fourth-order valence-corrected chi connectivity index (χ4v) is 3.37. The standard InChI is InChI=1S/C17H16FNO3S/c18-13-4-2-1-3-11(13)9-17(7-8-17)16(22)19-10-12-5-6-14(23-12)15(20)21/h1-6H,7-10H2,(H,19,22)(H,20,21). The van der Waals surface area contributed by atoms with Crippen LogP contribution in [0.4, 0.5) is 4.39 Å². The van der Waals surface area contributed by atoms with Crippen molar-refractivity contribution in [1.82, 2.24) is 5.32 Å². The maximum atomic E-state index is 13.8. The maximum absolute atomic E-state index is 13.8. The summed E-state index contributed by atoms with van der Waals surface area (Å²) in [6.07, 6.45) is 1.90. The third-order valence-electron chi connectivity index (χ3n) is 4.12. The molecule has 0 spiro atoms. The third kappa shape index (κ3) is 3.42. The molecule has 1 amide bonds. The van der Waals surface area contributed by atoms with E-state index in [-0.39, 0.29) is 16.6 Å². The number of carboxylic acid groups (broad SMARTS) is 1. The van der Waals surface area contributed by atoms with Crippen molar-refractivity contribution in [1.29, 1.82) is 0 Å². The van der Waals surface area contributed by atoms with Crippen molar-refractivity contribution in [2.75, 3.05) is 0 Å². The molecular weight excluding hydrogens is 317 g/mol. The molecule has 0 atom stereocenters. The molecular formula is C17H16FNO3S. The molecule has 1 heterocycles. The zero-order chi connectivity index (χ0) is 16.4. The average molecular weight is 333 g/mol. The van der Waals surface area contributed by atoms with E-state index in [9.17, 15) is 14.0 Å². The van der Waals surface area contributed by atoms with Crippen molar-refractivity contribution in [2.24, 2.45) is 5.41 Å². The van der Waals surface area contributed by atoms with Crippen LogP contribution in [0.25, 0.3) is 0 Å². The molecule has 1 aliphatic rings. The van der Waals surface area contributed by atoms with E-state index in [4.69, 9.17) is 5.11 Å². The second-order valence-corrected chi connectivity index (χ2v) is 6.97. The smallest absolute Gasteiger partial charge is 0.345 e. The topological polar surface area (TPSA) is 66.4 Å². The molecule has 120 valence electrons. The summed E-state index contributed by atoms with van der Waals surface area (Å²) in [5, 5.41) is 11.7. The molecule has 0 radical (unpaired) electrons. The first-order chi connectivity index (χ1) is 11.0. The zero-order valence-electron chi connectivity index (χ0n) is 12.3. The van der Waals surface area contributed by atoms with Crippen LogP contribution in [0.15, 0.2) is 36.4 Å². The Bertz CT molecular complexity index is 752. The fourth-order valence-electron chi connectivity index (χ4n) is 2.58. The number of carbonyl (C=O) groups is 2. The third-order valence-corrected chi connectivity index (χ3v) is 5.19. The Morgan fingerprint density at radius 3 is 2.57 bits per heavy atom. The van der Waals surface area contributed by atoms with Gasteiger partial charge in [0.25, 0.3) is 0 Å². The Morgan fingerprint density at radius 1 is 1.22 bits per heavy atom. The molecule has 2 N–H and O–H groups in total. The van der Waals surface area contributed by atoms with Gasteiger partial charge in [0, 0.05) is 4.88 Å². The number of benzene rings is 1. The van der Waals surface area contributed by atoms with Gasteiger partial charge in [0.1, 0.15) is 10.7 Å². The van der Waals surface area contributed by atoms with Crippen LogP contribution in [-0.4, -0.2) is 17.0 Å². The highest BCUT2D eigenvalue weighted by Gasteiger charge is 2.49. The second-order valence-electron chi connectivity index (χ2n) is 5.80. The minimum atomic E-state index is -0.967. The van der Waals surface area contributed by atoms with Gasteiger partial charge in [-0.25, -0.2) is 9.18 Å². The summed E-state index contributed by atoms with van der Waals surface area (Å²) in [6, 6.07) is 9.75. The van der Waals surface area contributed by atoms with E-state index in [2.05, 4.69) is 5.32 Å². The number of hydrogen-bond donors (Lipinski definition) is 2. The molecule has 6 heteroatoms. The van der Waals surface area contributed by atoms with Gasteiger partial charge in [-0.15, -0.1) is 11.3 Å². The van der Waals surface area contributed by atoms with Gasteiger partial charge in [-0.3, -0.25) is 4.79 Å². The number of amides is 1. The number of halogens is 1. The van der Waals surface area contributed by atoms with E-state index in [0.29, 0.717) is 18.5 Å². The van der Waals surface area contributed by atoms with E-state index in [1.807, 2.05) is 0 Å². The van der Waals surface area contributed by atoms with E-state index >= 15 is 0 Å². The van der Waals surface area contributed by atoms with Gasteiger partial charge in [0.2, 0.25) is 5.91 Å². The summed E-state index contributed by atoms with van der Waals surface area (Å²) in [5.41, 5.74) is 0.0409. The lowest BCUT2D eigenvalue weighted by molar-refractivity contribution is -0.126. The first kappa shape index (κ1) is 15.7. The van der Waals surface area contributed by atoms with Crippen LogP contribution >= 0.6 is 11.3 Å². The van der Waals surface area contributed by atoms with Crippen molar-refractivity contribution in [3.63, 3.8) is 0 Å². The van der Waals surface area contributed by atoms with Crippen LogP contribution in [0, 0.1) is 11.2 Å². The van der Waals surface area contributed by atoms with Gasteiger partial charge in [-0.1, -0.05) is 18.2 Å². The minimum Gasteiger partial charge on any atom is -0.477 e. The first-order valence-electron chi connectivity index (χ1n) is 7.34. The number of thiophene rings is 1. The first-order valence-corrected chi connectivity index (χ1v) is 8.15. The molecule has 1 fully saturated rings. The van der Waals surface area contributed by atoms with Crippen LogP contribution in [-0.2, 0) is 17.8 Å². The number of nitrogens with one attached hydrogen (secondary N) is 1. The van der Waals surface area contributed by atoms with E-state index in [0.717, 1.165) is 29.1 Å². The SMILES string of the molecule is O=C(O)c1ccc(CNC(=O)C2(Cc3ccccc3F)CC2)s1. The van der Waals surface area contributed by atoms with Crippen molar-refractivity contribution >= 4 is 23.2 Å². The van der Waals surface area contributed by atoms with Gasteiger partial charge in [-0.05, 0) is 43.0 Å². The van der Waals surface area contributed by atoms with Gasteiger partial charge in [0.05, 0.1) is 12.0 Å². The summed E-state index contributed by atoms with van der Waals surface area (Å²) in [6.45, 7) is 0.301. The monoisotopic (exact) mass is 333 g/mol. The van der Waals surface area contributed by atoms with Crippen LogP contribution in [0.3, 0.4) is 0 Å². The number of carboxylic acids is 1. The van der Waals surface area contributed by atoms with Crippen LogP contribution in [0.2, 0.25) is 0 Å². The largest absolute Gasteiger partial charge is 0.477 e. The molecule has 23 heavy (non-hydrogen) atoms. The lowest BCUT2D eigenvalue weighted by Gasteiger charge is -2.15. The maximum Gasteiger partial charge on any atom is 0.345 e. The van der Waals surface area contributed by atoms with Gasteiger partial charge in [-0.2, -0.15) is 0 Å². The Labute approximate surface area is 137 Å². The van der Waals surface area contributed by atoms with E-state index < -0.39 is 11.4 Å². The predicted molar refractivity (Wildman–Crippen MR) is 84.9 cm³/mol. The highest BCUT2D eigenvalue weighted by Crippen LogP contribution is 2.49. The molecule has 1 aromatic heterocycles. The molecule has 0 bridgehead atoms. The highest BCUT2D eigenvalue weighted by molar-refractivity contribution is 7.13. The Hall–Kier alpha value is -2.21. The minimum absolute atomic E-state index is 0.0916. The summed E-state index contributed by atoms with van der Waals surface area (Å²) in [7, 11) is 0. The quantitative estimate of drug-likeness (QED) is 0.853. The Morgan fingerprint density at radius 2 is 1.96 bits per heavy atom. The molecule has 0 aliphatic heterocycles. The summed E-state index contributed by atoms with van der Waals surface area (Å²) in [5.74, 6) is -1.34. The summed E-state index contributed by atoms with van der Waals surface area (Å²) in [4.78, 5) is 24.3. The molecule has 0 unspecified atom stereocenters. The average Bonchev–Trinajstić information content (AvgIpc) is 3.15. The van der Waals surface area contributed by atoms with Crippen molar-refractivity contribution < 1.29 is 19.1 Å². The van der Waals surface area contributed by atoms with Gasteiger partial charge >= 0.3 is 5.97 Å². The van der Waals surface area contributed by atoms with Gasteiger partial charge in [0.15, 0.2) is 0 Å². The lowest BCUT2D eigenvalue weighted by Crippen LogP contribution is -2.32. The molecule has 0 saturated heterocycles. The van der Waals surface area contributed by atoms with Crippen molar-refractivity contribution in [2.45, 2.75) is 25.8 Å². The zero-order valence-corrected chi connectivity index (χ0v) is 13.2. The van der Waals surface area contributed by atoms with Gasteiger partial charge < -0.3 is 10.4 Å². The molecule has 1 aliphatic carbocycles. The fraction of sp³-hybridized carbons (Fsp3) is 0.294. The van der Waals surface area contributed by atoms with Crippen molar-refractivity contribution in [3.8, 4) is 0 Å². The number of rotatable bonds is 6. The number of carbonyl (C=O) groups excluding carboxylic acids is 1. The Kier molecular flexibility index (Phi) is 4.17. The van der Waals surface area contributed by atoms with E-state index in [1.54, 1.807) is 24.3 Å². The lowest BCUT2D eigenvalue weighted by atomic mass is 9.95. The molecule has 4 nitrogen and oxygen atoms in total. The second kappa shape index (κ2) is 6.12. The van der Waals surface area contributed by atoms with Crippen molar-refractivity contribution in [3.05, 3.63) is 57.5 Å². The normalized spacial score (nSPS) is 15.2. The summed E-state index contributed by atoms with van der Waals surface area (Å²) >= 11 is 1.15. The molecule has 3 rings (SSSR count). The van der Waals surface area contributed by atoms with E-state index in [1.165, 1.54) is 12.1 Å². The predicted octanol–water partition coefficient (Wildman–Crippen LogP) is 3.22. The van der Waals surface area contributed by atoms with Crippen LogP contribution in [0.1, 0.15) is 33.0 Å².